The summed E-state index contributed by atoms with van der Waals surface area (Å²) in [6.45, 7) is 6.37. The van der Waals surface area contributed by atoms with Crippen molar-refractivity contribution in [3.05, 3.63) is 78.6 Å². The van der Waals surface area contributed by atoms with E-state index in [0.717, 1.165) is 32.7 Å². The Morgan fingerprint density at radius 1 is 1.12 bits per heavy atom. The Balaban J connectivity index is 1.40. The maximum atomic E-state index is 11.8. The van der Waals surface area contributed by atoms with E-state index in [9.17, 15) is 4.79 Å². The average molecular weight is 433 g/mol. The summed E-state index contributed by atoms with van der Waals surface area (Å²) in [4.78, 5) is 29.4. The SMILES string of the molecule is CCOC(=O)c1cnc(N2CCN(C(/C=C/c3ccccc3)Cn3ccnc3)CC2)nc1. The number of rotatable bonds is 8. The molecule has 0 spiro atoms. The summed E-state index contributed by atoms with van der Waals surface area (Å²) in [7, 11) is 0. The molecule has 0 saturated carbocycles. The van der Waals surface area contributed by atoms with Crippen molar-refractivity contribution in [1.82, 2.24) is 24.4 Å². The molecule has 166 valence electrons. The number of anilines is 1. The zero-order valence-electron chi connectivity index (χ0n) is 18.2. The highest BCUT2D eigenvalue weighted by molar-refractivity contribution is 5.88. The monoisotopic (exact) mass is 432 g/mol. The third kappa shape index (κ3) is 5.59. The van der Waals surface area contributed by atoms with Crippen molar-refractivity contribution in [2.24, 2.45) is 0 Å². The van der Waals surface area contributed by atoms with Gasteiger partial charge in [-0.1, -0.05) is 42.5 Å². The zero-order chi connectivity index (χ0) is 22.2. The van der Waals surface area contributed by atoms with Crippen LogP contribution in [0.4, 0.5) is 5.95 Å². The van der Waals surface area contributed by atoms with E-state index in [1.54, 1.807) is 6.92 Å². The molecule has 1 aromatic carbocycles. The molecule has 4 rings (SSSR count). The standard InChI is InChI=1S/C24H28N6O2/c1-2-32-23(31)21-16-26-24(27-17-21)30-14-12-29(13-15-30)22(18-28-11-10-25-19-28)9-8-20-6-4-3-5-7-20/h3-11,16-17,19,22H,2,12-15,18H2,1H3/b9-8+. The van der Waals surface area contributed by atoms with Gasteiger partial charge in [0.1, 0.15) is 0 Å². The summed E-state index contributed by atoms with van der Waals surface area (Å²) in [6, 6.07) is 10.6. The van der Waals surface area contributed by atoms with Gasteiger partial charge in [0, 0.05) is 63.6 Å². The van der Waals surface area contributed by atoms with Crippen LogP contribution in [0.15, 0.2) is 67.5 Å². The van der Waals surface area contributed by atoms with Crippen molar-refractivity contribution in [3.8, 4) is 0 Å². The van der Waals surface area contributed by atoms with E-state index >= 15 is 0 Å². The predicted octanol–water partition coefficient (Wildman–Crippen LogP) is 2.75. The van der Waals surface area contributed by atoms with E-state index in [4.69, 9.17) is 4.74 Å². The number of carbonyl (C=O) groups is 1. The van der Waals surface area contributed by atoms with Gasteiger partial charge in [-0.15, -0.1) is 0 Å². The normalized spacial score (nSPS) is 15.7. The molecule has 1 unspecified atom stereocenters. The summed E-state index contributed by atoms with van der Waals surface area (Å²) in [5.74, 6) is 0.250. The molecule has 1 saturated heterocycles. The number of carbonyl (C=O) groups excluding carboxylic acids is 1. The first kappa shape index (κ1) is 21.7. The van der Waals surface area contributed by atoms with Crippen LogP contribution in [-0.2, 0) is 11.3 Å². The Morgan fingerprint density at radius 3 is 2.53 bits per heavy atom. The van der Waals surface area contributed by atoms with Crippen molar-refractivity contribution in [2.75, 3.05) is 37.7 Å². The number of nitrogens with zero attached hydrogens (tertiary/aromatic N) is 6. The van der Waals surface area contributed by atoms with Gasteiger partial charge in [0.15, 0.2) is 0 Å². The Morgan fingerprint density at radius 2 is 1.88 bits per heavy atom. The van der Waals surface area contributed by atoms with E-state index in [1.807, 2.05) is 24.8 Å². The lowest BCUT2D eigenvalue weighted by atomic mass is 10.1. The number of benzene rings is 1. The predicted molar refractivity (Wildman–Crippen MR) is 123 cm³/mol. The fourth-order valence-electron chi connectivity index (χ4n) is 3.75. The molecule has 0 amide bonds. The lowest BCUT2D eigenvalue weighted by Crippen LogP contribution is -2.51. The maximum Gasteiger partial charge on any atom is 0.341 e. The number of piperazine rings is 1. The third-order valence-corrected chi connectivity index (χ3v) is 5.48. The first-order valence-electron chi connectivity index (χ1n) is 10.9. The number of ether oxygens (including phenoxy) is 1. The average Bonchev–Trinajstić information content (AvgIpc) is 3.36. The second-order valence-electron chi connectivity index (χ2n) is 7.61. The van der Waals surface area contributed by atoms with Crippen molar-refractivity contribution >= 4 is 18.0 Å². The molecular weight excluding hydrogens is 404 g/mol. The van der Waals surface area contributed by atoms with Gasteiger partial charge in [-0.25, -0.2) is 19.7 Å². The molecule has 0 radical (unpaired) electrons. The molecule has 1 aliphatic heterocycles. The van der Waals surface area contributed by atoms with Crippen LogP contribution in [0.2, 0.25) is 0 Å². The van der Waals surface area contributed by atoms with Gasteiger partial charge in [-0.2, -0.15) is 0 Å². The Kier molecular flexibility index (Phi) is 7.24. The first-order chi connectivity index (χ1) is 15.7. The number of esters is 1. The van der Waals surface area contributed by atoms with Crippen LogP contribution in [0.1, 0.15) is 22.8 Å². The summed E-state index contributed by atoms with van der Waals surface area (Å²) in [5.41, 5.74) is 1.57. The lowest BCUT2D eigenvalue weighted by Gasteiger charge is -2.38. The fraction of sp³-hybridized carbons (Fsp3) is 0.333. The van der Waals surface area contributed by atoms with E-state index in [-0.39, 0.29) is 6.04 Å². The van der Waals surface area contributed by atoms with Gasteiger partial charge in [0.2, 0.25) is 5.95 Å². The highest BCUT2D eigenvalue weighted by Gasteiger charge is 2.24. The van der Waals surface area contributed by atoms with Crippen LogP contribution in [0.25, 0.3) is 6.08 Å². The molecule has 3 aromatic rings. The van der Waals surface area contributed by atoms with E-state index < -0.39 is 5.97 Å². The maximum absolute atomic E-state index is 11.8. The minimum atomic E-state index is -0.392. The summed E-state index contributed by atoms with van der Waals surface area (Å²) < 4.78 is 7.11. The molecule has 8 heteroatoms. The Hall–Kier alpha value is -3.52. The highest BCUT2D eigenvalue weighted by atomic mass is 16.5. The van der Waals surface area contributed by atoms with Crippen LogP contribution >= 0.6 is 0 Å². The molecule has 1 fully saturated rings. The molecule has 32 heavy (non-hydrogen) atoms. The molecular formula is C24H28N6O2. The molecule has 0 bridgehead atoms. The van der Waals surface area contributed by atoms with Gasteiger partial charge >= 0.3 is 5.97 Å². The third-order valence-electron chi connectivity index (χ3n) is 5.48. The minimum Gasteiger partial charge on any atom is -0.462 e. The molecule has 8 nitrogen and oxygen atoms in total. The Labute approximate surface area is 188 Å². The van der Waals surface area contributed by atoms with Crippen LogP contribution in [0.3, 0.4) is 0 Å². The number of aromatic nitrogens is 4. The van der Waals surface area contributed by atoms with Crippen LogP contribution < -0.4 is 4.90 Å². The quantitative estimate of drug-likeness (QED) is 0.507. The number of hydrogen-bond donors (Lipinski definition) is 0. The van der Waals surface area contributed by atoms with Crippen molar-refractivity contribution < 1.29 is 9.53 Å². The lowest BCUT2D eigenvalue weighted by molar-refractivity contribution is 0.0525. The van der Waals surface area contributed by atoms with Crippen LogP contribution in [-0.4, -0.2) is 69.2 Å². The zero-order valence-corrected chi connectivity index (χ0v) is 18.2. The molecule has 2 aromatic heterocycles. The molecule has 3 heterocycles. The van der Waals surface area contributed by atoms with Gasteiger partial charge in [0.25, 0.3) is 0 Å². The molecule has 0 aliphatic carbocycles. The molecule has 1 atom stereocenters. The van der Waals surface area contributed by atoms with Gasteiger partial charge in [0.05, 0.1) is 18.5 Å². The fourth-order valence-corrected chi connectivity index (χ4v) is 3.75. The second kappa shape index (κ2) is 10.7. The second-order valence-corrected chi connectivity index (χ2v) is 7.61. The first-order valence-corrected chi connectivity index (χ1v) is 10.9. The summed E-state index contributed by atoms with van der Waals surface area (Å²) in [5, 5.41) is 0. The highest BCUT2D eigenvalue weighted by Crippen LogP contribution is 2.16. The van der Waals surface area contributed by atoms with E-state index in [1.165, 1.54) is 18.0 Å². The smallest absolute Gasteiger partial charge is 0.341 e. The molecule has 1 aliphatic rings. The minimum absolute atomic E-state index is 0.249. The van der Waals surface area contributed by atoms with Gasteiger partial charge in [-0.05, 0) is 12.5 Å². The summed E-state index contributed by atoms with van der Waals surface area (Å²) >= 11 is 0. The number of imidazole rings is 1. The van der Waals surface area contributed by atoms with Crippen molar-refractivity contribution in [3.63, 3.8) is 0 Å². The number of hydrogen-bond acceptors (Lipinski definition) is 7. The van der Waals surface area contributed by atoms with Crippen molar-refractivity contribution in [1.29, 1.82) is 0 Å². The van der Waals surface area contributed by atoms with Crippen LogP contribution in [0, 0.1) is 0 Å². The Bertz CT molecular complexity index is 997. The van der Waals surface area contributed by atoms with Crippen LogP contribution in [0.5, 0.6) is 0 Å². The summed E-state index contributed by atoms with van der Waals surface area (Å²) in [6.07, 6.45) is 13.2. The molecule has 0 N–H and O–H groups in total. The van der Waals surface area contributed by atoms with E-state index in [0.29, 0.717) is 18.1 Å². The van der Waals surface area contributed by atoms with Gasteiger partial charge in [-0.3, -0.25) is 4.90 Å². The van der Waals surface area contributed by atoms with Crippen molar-refractivity contribution in [2.45, 2.75) is 19.5 Å². The van der Waals surface area contributed by atoms with Gasteiger partial charge < -0.3 is 14.2 Å². The topological polar surface area (TPSA) is 76.4 Å². The largest absolute Gasteiger partial charge is 0.462 e. The van der Waals surface area contributed by atoms with E-state index in [2.05, 4.69) is 65.7 Å².